The molecule has 1 unspecified atom stereocenters. The first kappa shape index (κ1) is 33.5. The average molecular weight is 603 g/mol. The second-order valence-electron chi connectivity index (χ2n) is 13.3. The number of nitrogens with one attached hydrogen (secondary N) is 2. The summed E-state index contributed by atoms with van der Waals surface area (Å²) < 4.78 is 17.0. The predicted molar refractivity (Wildman–Crippen MR) is 168 cm³/mol. The van der Waals surface area contributed by atoms with E-state index in [0.29, 0.717) is 57.5 Å². The van der Waals surface area contributed by atoms with Crippen LogP contribution in [0, 0.1) is 17.8 Å². The molecule has 4 atom stereocenters. The summed E-state index contributed by atoms with van der Waals surface area (Å²) in [6.07, 6.45) is 4.01. The van der Waals surface area contributed by atoms with Gasteiger partial charge in [-0.15, -0.1) is 0 Å². The molecule has 1 saturated carbocycles. The fourth-order valence-corrected chi connectivity index (χ4v) is 6.32. The summed E-state index contributed by atoms with van der Waals surface area (Å²) in [5.41, 5.74) is 0.799. The van der Waals surface area contributed by atoms with Crippen LogP contribution in [0.15, 0.2) is 18.2 Å². The number of rotatable bonds is 15. The van der Waals surface area contributed by atoms with Gasteiger partial charge in [0.1, 0.15) is 11.4 Å². The number of methoxy groups -OCH3 is 1. The van der Waals surface area contributed by atoms with Crippen molar-refractivity contribution in [3.63, 3.8) is 0 Å². The van der Waals surface area contributed by atoms with Crippen molar-refractivity contribution in [1.29, 1.82) is 0 Å². The van der Waals surface area contributed by atoms with E-state index in [-0.39, 0.29) is 35.7 Å². The summed E-state index contributed by atoms with van der Waals surface area (Å²) >= 11 is 0. The van der Waals surface area contributed by atoms with Crippen LogP contribution in [-0.2, 0) is 19.1 Å². The van der Waals surface area contributed by atoms with Crippen LogP contribution >= 0.6 is 0 Å². The molecule has 2 aliphatic heterocycles. The first-order valence-electron chi connectivity index (χ1n) is 16.2. The van der Waals surface area contributed by atoms with Gasteiger partial charge in [-0.3, -0.25) is 9.59 Å². The normalized spacial score (nSPS) is 23.8. The second-order valence-corrected chi connectivity index (χ2v) is 13.3. The fraction of sp³-hybridized carbons (Fsp3) is 0.758. The average Bonchev–Trinajstić information content (AvgIpc) is 3.80. The SMILES string of the molecule is CCOCC[C@H](CC(C)C)NC(=O)[C@@H]1CNC[C@H](C(=O)N(c2ccc3c(c2)N(CCCOC)C(O)C(C)(C)O3)C2CC2)C1. The zero-order chi connectivity index (χ0) is 31.1. The smallest absolute Gasteiger partial charge is 0.231 e. The number of hydrogen-bond donors (Lipinski definition) is 3. The lowest BCUT2D eigenvalue weighted by Crippen LogP contribution is -2.56. The number of amides is 2. The zero-order valence-electron chi connectivity index (χ0n) is 27.1. The van der Waals surface area contributed by atoms with E-state index >= 15 is 0 Å². The van der Waals surface area contributed by atoms with Gasteiger partial charge in [-0.25, -0.2) is 0 Å². The largest absolute Gasteiger partial charge is 0.481 e. The van der Waals surface area contributed by atoms with Gasteiger partial charge in [0.05, 0.1) is 17.5 Å². The molecule has 10 nitrogen and oxygen atoms in total. The van der Waals surface area contributed by atoms with Gasteiger partial charge in [-0.1, -0.05) is 13.8 Å². The molecule has 1 aromatic rings. The molecule has 4 rings (SSSR count). The number of anilines is 2. The maximum absolute atomic E-state index is 14.1. The predicted octanol–water partition coefficient (Wildman–Crippen LogP) is 3.70. The Hall–Kier alpha value is -2.40. The molecule has 1 aromatic carbocycles. The first-order chi connectivity index (χ1) is 20.6. The van der Waals surface area contributed by atoms with E-state index in [1.54, 1.807) is 7.11 Å². The van der Waals surface area contributed by atoms with Crippen LogP contribution in [0.1, 0.15) is 73.1 Å². The van der Waals surface area contributed by atoms with E-state index in [1.807, 2.05) is 48.8 Å². The van der Waals surface area contributed by atoms with Crippen molar-refractivity contribution in [1.82, 2.24) is 10.6 Å². The Kier molecular flexibility index (Phi) is 11.7. The Morgan fingerprint density at radius 2 is 1.95 bits per heavy atom. The molecule has 3 N–H and O–H groups in total. The first-order valence-corrected chi connectivity index (χ1v) is 16.2. The van der Waals surface area contributed by atoms with Crippen molar-refractivity contribution in [2.24, 2.45) is 17.8 Å². The van der Waals surface area contributed by atoms with Gasteiger partial charge in [0.2, 0.25) is 11.8 Å². The van der Waals surface area contributed by atoms with E-state index in [4.69, 9.17) is 14.2 Å². The third-order valence-electron chi connectivity index (χ3n) is 8.70. The van der Waals surface area contributed by atoms with Crippen LogP contribution < -0.4 is 25.2 Å². The van der Waals surface area contributed by atoms with Gasteiger partial charge >= 0.3 is 0 Å². The highest BCUT2D eigenvalue weighted by Crippen LogP contribution is 2.44. The maximum Gasteiger partial charge on any atom is 0.231 e. The van der Waals surface area contributed by atoms with E-state index in [2.05, 4.69) is 24.5 Å². The zero-order valence-corrected chi connectivity index (χ0v) is 27.1. The molecule has 10 heteroatoms. The van der Waals surface area contributed by atoms with Gasteiger partial charge in [0, 0.05) is 64.3 Å². The number of fused-ring (bicyclic) bond motifs is 1. The molecule has 242 valence electrons. The third-order valence-corrected chi connectivity index (χ3v) is 8.70. The molecule has 0 spiro atoms. The molecule has 2 heterocycles. The van der Waals surface area contributed by atoms with Crippen molar-refractivity contribution in [3.8, 4) is 5.75 Å². The number of carbonyl (C=O) groups excluding carboxylic acids is 2. The lowest BCUT2D eigenvalue weighted by molar-refractivity contribution is -0.129. The molecule has 43 heavy (non-hydrogen) atoms. The van der Waals surface area contributed by atoms with Gasteiger partial charge < -0.3 is 39.8 Å². The lowest BCUT2D eigenvalue weighted by Gasteiger charge is -2.45. The molecule has 0 aromatic heterocycles. The number of ether oxygens (including phenoxy) is 3. The quantitative estimate of drug-likeness (QED) is 0.261. The minimum Gasteiger partial charge on any atom is -0.481 e. The number of aliphatic hydroxyl groups excluding tert-OH is 1. The fourth-order valence-electron chi connectivity index (χ4n) is 6.32. The summed E-state index contributed by atoms with van der Waals surface area (Å²) in [6, 6.07) is 6.04. The molecule has 2 amide bonds. The second kappa shape index (κ2) is 15.1. The minimum absolute atomic E-state index is 0.0133. The summed E-state index contributed by atoms with van der Waals surface area (Å²) in [7, 11) is 1.67. The molecule has 0 radical (unpaired) electrons. The Labute approximate surface area is 257 Å². The highest BCUT2D eigenvalue weighted by atomic mass is 16.5. The third kappa shape index (κ3) is 8.62. The van der Waals surface area contributed by atoms with Gasteiger partial charge in [-0.05, 0) is 83.4 Å². The Morgan fingerprint density at radius 3 is 2.63 bits per heavy atom. The van der Waals surface area contributed by atoms with Gasteiger partial charge in [0.15, 0.2) is 6.23 Å². The molecule has 3 aliphatic rings. The summed E-state index contributed by atoms with van der Waals surface area (Å²) in [6.45, 7) is 13.7. The number of aliphatic hydroxyl groups is 1. The molecular weight excluding hydrogens is 548 g/mol. The van der Waals surface area contributed by atoms with E-state index < -0.39 is 11.8 Å². The number of hydrogen-bond acceptors (Lipinski definition) is 8. The highest BCUT2D eigenvalue weighted by molar-refractivity contribution is 5.97. The number of nitrogens with zero attached hydrogens (tertiary/aromatic N) is 2. The van der Waals surface area contributed by atoms with Crippen LogP contribution in [0.2, 0.25) is 0 Å². The highest BCUT2D eigenvalue weighted by Gasteiger charge is 2.43. The molecule has 0 bridgehead atoms. The molecular formula is C33H54N4O6. The van der Waals surface area contributed by atoms with Gasteiger partial charge in [0.25, 0.3) is 0 Å². The van der Waals surface area contributed by atoms with Crippen molar-refractivity contribution in [2.75, 3.05) is 56.4 Å². The van der Waals surface area contributed by atoms with Crippen LogP contribution in [-0.4, -0.2) is 87.4 Å². The van der Waals surface area contributed by atoms with E-state index in [9.17, 15) is 14.7 Å². The summed E-state index contributed by atoms with van der Waals surface area (Å²) in [5.74, 6) is 0.646. The molecule has 2 fully saturated rings. The van der Waals surface area contributed by atoms with Gasteiger partial charge in [-0.2, -0.15) is 0 Å². The minimum atomic E-state index is -0.841. The van der Waals surface area contributed by atoms with Crippen LogP contribution in [0.4, 0.5) is 11.4 Å². The molecule has 1 saturated heterocycles. The number of benzene rings is 1. The van der Waals surface area contributed by atoms with Crippen molar-refractivity contribution >= 4 is 23.2 Å². The summed E-state index contributed by atoms with van der Waals surface area (Å²) in [5, 5.41) is 17.8. The van der Waals surface area contributed by atoms with Crippen LogP contribution in [0.3, 0.4) is 0 Å². The lowest BCUT2D eigenvalue weighted by atomic mass is 9.88. The topological polar surface area (TPSA) is 113 Å². The standard InChI is InChI=1S/C33H54N4O6/c1-7-42-16-13-25(17-22(2)3)35-30(38)23-18-24(21-34-20-23)31(39)37(26-9-10-26)27-11-12-29-28(19-27)36(14-8-15-41-6)32(40)33(4,5)43-29/h11-12,19,22-26,32,34,40H,7-10,13-18,20-21H2,1-6H3,(H,35,38)/t23-,24+,25+,32?/m0/s1. The van der Waals surface area contributed by atoms with Crippen molar-refractivity contribution < 1.29 is 28.9 Å². The number of carbonyl (C=O) groups is 2. The monoisotopic (exact) mass is 602 g/mol. The Morgan fingerprint density at radius 1 is 1.21 bits per heavy atom. The van der Waals surface area contributed by atoms with Crippen molar-refractivity contribution in [3.05, 3.63) is 18.2 Å². The maximum atomic E-state index is 14.1. The Bertz CT molecular complexity index is 1080. The van der Waals surface area contributed by atoms with E-state index in [1.165, 1.54) is 0 Å². The summed E-state index contributed by atoms with van der Waals surface area (Å²) in [4.78, 5) is 31.4. The van der Waals surface area contributed by atoms with Crippen LogP contribution in [0.5, 0.6) is 5.75 Å². The molecule has 1 aliphatic carbocycles. The van der Waals surface area contributed by atoms with Crippen LogP contribution in [0.25, 0.3) is 0 Å². The van der Waals surface area contributed by atoms with Crippen molar-refractivity contribution in [2.45, 2.75) is 97.1 Å². The van der Waals surface area contributed by atoms with E-state index in [0.717, 1.165) is 43.5 Å². The Balaban J connectivity index is 1.49. The number of piperidine rings is 1.